The number of rotatable bonds is 7. The molecule has 2 aromatic carbocycles. The number of aromatic nitrogens is 2. The van der Waals surface area contributed by atoms with Crippen molar-refractivity contribution in [2.75, 3.05) is 17.7 Å². The highest BCUT2D eigenvalue weighted by molar-refractivity contribution is 5.72. The third-order valence-corrected chi connectivity index (χ3v) is 4.91. The second-order valence-electron chi connectivity index (χ2n) is 8.50. The van der Waals surface area contributed by atoms with Gasteiger partial charge >= 0.3 is 11.8 Å². The molecule has 3 aromatic rings. The van der Waals surface area contributed by atoms with Crippen molar-refractivity contribution < 1.29 is 19.2 Å². The van der Waals surface area contributed by atoms with Crippen molar-refractivity contribution in [2.45, 2.75) is 33.1 Å². The molecule has 0 unspecified atom stereocenters. The first-order chi connectivity index (χ1) is 16.0. The summed E-state index contributed by atoms with van der Waals surface area (Å²) in [6, 6.07) is 10.3. The molecule has 0 saturated carbocycles. The lowest BCUT2D eigenvalue weighted by atomic mass is 9.86. The molecule has 0 bridgehead atoms. The molecule has 4 N–H and O–H groups in total. The van der Waals surface area contributed by atoms with Gasteiger partial charge in [-0.1, -0.05) is 20.8 Å². The van der Waals surface area contributed by atoms with Gasteiger partial charge < -0.3 is 25.8 Å². The van der Waals surface area contributed by atoms with Gasteiger partial charge in [-0.15, -0.1) is 0 Å². The van der Waals surface area contributed by atoms with Gasteiger partial charge in [0.05, 0.1) is 12.0 Å². The molecule has 11 nitrogen and oxygen atoms in total. The summed E-state index contributed by atoms with van der Waals surface area (Å²) in [5.74, 6) is 1.18. The van der Waals surface area contributed by atoms with Gasteiger partial charge in [-0.05, 0) is 54.3 Å². The van der Waals surface area contributed by atoms with Crippen molar-refractivity contribution in [1.82, 2.24) is 9.97 Å². The Morgan fingerprint density at radius 1 is 1.15 bits per heavy atom. The van der Waals surface area contributed by atoms with Crippen LogP contribution >= 0.6 is 0 Å². The van der Waals surface area contributed by atoms with E-state index in [0.29, 0.717) is 22.7 Å². The van der Waals surface area contributed by atoms with E-state index in [4.69, 9.17) is 15.2 Å². The summed E-state index contributed by atoms with van der Waals surface area (Å²) in [5, 5.41) is 17.6. The van der Waals surface area contributed by atoms with E-state index in [1.54, 1.807) is 37.4 Å². The van der Waals surface area contributed by atoms with E-state index < -0.39 is 16.4 Å². The number of nitro groups is 1. The van der Waals surface area contributed by atoms with Crippen LogP contribution in [0.3, 0.4) is 0 Å². The van der Waals surface area contributed by atoms with Crippen LogP contribution in [0.1, 0.15) is 31.9 Å². The lowest BCUT2D eigenvalue weighted by Crippen LogP contribution is -2.20. The number of nitrogens with two attached hydrogens (primary N) is 1. The van der Waals surface area contributed by atoms with Crippen molar-refractivity contribution in [1.29, 1.82) is 0 Å². The monoisotopic (exact) mass is 466 g/mol. The molecular formula is C23H26N6O5. The van der Waals surface area contributed by atoms with E-state index in [0.717, 1.165) is 17.4 Å². The predicted molar refractivity (Wildman–Crippen MR) is 128 cm³/mol. The summed E-state index contributed by atoms with van der Waals surface area (Å²) in [6.45, 7) is 7.70. The summed E-state index contributed by atoms with van der Waals surface area (Å²) in [5.41, 5.74) is 7.27. The van der Waals surface area contributed by atoms with E-state index in [9.17, 15) is 14.9 Å². The number of benzene rings is 2. The number of primary amides is 1. The molecule has 0 atom stereocenters. The number of anilines is 4. The van der Waals surface area contributed by atoms with Crippen LogP contribution in [0, 0.1) is 17.0 Å². The average Bonchev–Trinajstić information content (AvgIpc) is 2.75. The molecule has 34 heavy (non-hydrogen) atoms. The first kappa shape index (κ1) is 24.2. The molecule has 1 amide bonds. The van der Waals surface area contributed by atoms with Crippen molar-refractivity contribution in [3.8, 4) is 11.5 Å². The number of nitrogens with zero attached hydrogens (tertiary/aromatic N) is 3. The molecule has 11 heteroatoms. The zero-order chi connectivity index (χ0) is 25.0. The number of nitrogens with one attached hydrogen (secondary N) is 2. The molecule has 3 rings (SSSR count). The van der Waals surface area contributed by atoms with Gasteiger partial charge in [-0.25, -0.2) is 9.78 Å². The minimum atomic E-state index is -0.929. The van der Waals surface area contributed by atoms with Crippen LogP contribution in [0.25, 0.3) is 0 Å². The largest absolute Gasteiger partial charge is 0.497 e. The fraction of sp³-hybridized carbons (Fsp3) is 0.261. The highest BCUT2D eigenvalue weighted by Gasteiger charge is 2.23. The number of hydrogen-bond donors (Lipinski definition) is 3. The maximum Gasteiger partial charge on any atom is 0.409 e. The zero-order valence-corrected chi connectivity index (χ0v) is 19.5. The van der Waals surface area contributed by atoms with Crippen LogP contribution in [0.2, 0.25) is 0 Å². The SMILES string of the molecule is COc1ccc(Nc2ncc([N+](=O)[O-])c(Nc3ccc(OC(N)=O)c(C(C)(C)C)c3)n2)c(C)c1. The number of carbonyl (C=O) groups excluding carboxylic acids is 1. The van der Waals surface area contributed by atoms with Crippen LogP contribution < -0.4 is 25.8 Å². The van der Waals surface area contributed by atoms with Crippen LogP contribution in [-0.4, -0.2) is 28.1 Å². The van der Waals surface area contributed by atoms with Crippen LogP contribution in [0.5, 0.6) is 11.5 Å². The molecule has 0 fully saturated rings. The summed E-state index contributed by atoms with van der Waals surface area (Å²) >= 11 is 0. The van der Waals surface area contributed by atoms with Gasteiger partial charge in [0.2, 0.25) is 11.8 Å². The Morgan fingerprint density at radius 3 is 2.47 bits per heavy atom. The van der Waals surface area contributed by atoms with Crippen LogP contribution in [0.4, 0.5) is 33.6 Å². The maximum atomic E-state index is 11.6. The van der Waals surface area contributed by atoms with Gasteiger partial charge in [0.15, 0.2) is 0 Å². The predicted octanol–water partition coefficient (Wildman–Crippen LogP) is 4.94. The highest BCUT2D eigenvalue weighted by atomic mass is 16.6. The topological polar surface area (TPSA) is 155 Å². The molecule has 0 radical (unpaired) electrons. The standard InChI is InChI=1S/C23H26N6O5/c1-13-10-15(33-5)7-8-17(13)27-22-25-12-18(29(31)32)20(28-22)26-14-6-9-19(34-21(24)30)16(11-14)23(2,3)4/h6-12H,1-5H3,(H2,24,30)(H2,25,26,27,28). The quantitative estimate of drug-likeness (QED) is 0.324. The van der Waals surface area contributed by atoms with Gasteiger partial charge in [0.25, 0.3) is 0 Å². The third-order valence-electron chi connectivity index (χ3n) is 4.91. The number of aryl methyl sites for hydroxylation is 1. The van der Waals surface area contributed by atoms with Crippen molar-refractivity contribution in [3.63, 3.8) is 0 Å². The summed E-state index contributed by atoms with van der Waals surface area (Å²) in [7, 11) is 1.58. The van der Waals surface area contributed by atoms with E-state index in [-0.39, 0.29) is 17.5 Å². The number of hydrogen-bond acceptors (Lipinski definition) is 9. The minimum Gasteiger partial charge on any atom is -0.497 e. The number of methoxy groups -OCH3 is 1. The summed E-state index contributed by atoms with van der Waals surface area (Å²) < 4.78 is 10.3. The van der Waals surface area contributed by atoms with Gasteiger partial charge in [0.1, 0.15) is 17.7 Å². The summed E-state index contributed by atoms with van der Waals surface area (Å²) in [6.07, 6.45) is 0.202. The van der Waals surface area contributed by atoms with Crippen molar-refractivity contribution >= 4 is 34.9 Å². The normalized spacial score (nSPS) is 11.0. The van der Waals surface area contributed by atoms with Crippen LogP contribution in [-0.2, 0) is 5.41 Å². The first-order valence-corrected chi connectivity index (χ1v) is 10.3. The van der Waals surface area contributed by atoms with E-state index in [1.165, 1.54) is 0 Å². The Balaban J connectivity index is 1.97. The molecule has 0 spiro atoms. The maximum absolute atomic E-state index is 11.6. The zero-order valence-electron chi connectivity index (χ0n) is 19.5. The van der Waals surface area contributed by atoms with Crippen LogP contribution in [0.15, 0.2) is 42.6 Å². The summed E-state index contributed by atoms with van der Waals surface area (Å²) in [4.78, 5) is 30.7. The Morgan fingerprint density at radius 2 is 1.88 bits per heavy atom. The first-order valence-electron chi connectivity index (χ1n) is 10.3. The molecule has 0 aliphatic rings. The number of ether oxygens (including phenoxy) is 2. The van der Waals surface area contributed by atoms with Crippen molar-refractivity contribution in [3.05, 3.63) is 63.8 Å². The van der Waals surface area contributed by atoms with Gasteiger partial charge in [0, 0.05) is 16.9 Å². The fourth-order valence-electron chi connectivity index (χ4n) is 3.21. The number of carbonyl (C=O) groups is 1. The molecule has 1 aromatic heterocycles. The number of amides is 1. The van der Waals surface area contributed by atoms with Crippen molar-refractivity contribution in [2.24, 2.45) is 5.73 Å². The molecule has 178 valence electrons. The minimum absolute atomic E-state index is 0.00269. The van der Waals surface area contributed by atoms with E-state index in [2.05, 4.69) is 20.6 Å². The lowest BCUT2D eigenvalue weighted by molar-refractivity contribution is -0.384. The second-order valence-corrected chi connectivity index (χ2v) is 8.50. The highest BCUT2D eigenvalue weighted by Crippen LogP contribution is 2.35. The Hall–Kier alpha value is -4.41. The van der Waals surface area contributed by atoms with Gasteiger partial charge in [-0.2, -0.15) is 4.98 Å². The second kappa shape index (κ2) is 9.61. The smallest absolute Gasteiger partial charge is 0.409 e. The fourth-order valence-corrected chi connectivity index (χ4v) is 3.21. The lowest BCUT2D eigenvalue weighted by Gasteiger charge is -2.23. The molecule has 1 heterocycles. The van der Waals surface area contributed by atoms with E-state index in [1.807, 2.05) is 33.8 Å². The Bertz CT molecular complexity index is 1240. The van der Waals surface area contributed by atoms with E-state index >= 15 is 0 Å². The Labute approximate surface area is 196 Å². The Kier molecular flexibility index (Phi) is 6.85. The third kappa shape index (κ3) is 5.68. The molecular weight excluding hydrogens is 440 g/mol. The molecule has 0 aliphatic heterocycles. The van der Waals surface area contributed by atoms with Gasteiger partial charge in [-0.3, -0.25) is 10.1 Å². The molecule has 0 aliphatic carbocycles. The molecule has 0 saturated heterocycles. The average molecular weight is 466 g/mol.